The molecule has 4 heteroatoms. The molecule has 1 atom stereocenters. The van der Waals surface area contributed by atoms with Gasteiger partial charge in [-0.15, -0.1) is 0 Å². The minimum absolute atomic E-state index is 0.0315. The van der Waals surface area contributed by atoms with Gasteiger partial charge in [0.1, 0.15) is 0 Å². The molecule has 0 bridgehead atoms. The third-order valence-corrected chi connectivity index (χ3v) is 4.00. The van der Waals surface area contributed by atoms with Gasteiger partial charge in [-0.25, -0.2) is 0 Å². The zero-order valence-electron chi connectivity index (χ0n) is 10.5. The van der Waals surface area contributed by atoms with Crippen LogP contribution in [0, 0.1) is 5.92 Å². The first-order chi connectivity index (χ1) is 7.42. The lowest BCUT2D eigenvalue weighted by Gasteiger charge is -2.52. The molecule has 4 nitrogen and oxygen atoms in total. The molecule has 0 aromatic heterocycles. The monoisotopic (exact) mass is 225 g/mol. The predicted octanol–water partition coefficient (Wildman–Crippen LogP) is 0.323. The van der Waals surface area contributed by atoms with Crippen molar-refractivity contribution < 1.29 is 4.79 Å². The third-order valence-electron chi connectivity index (χ3n) is 4.00. The van der Waals surface area contributed by atoms with Crippen molar-refractivity contribution in [2.24, 2.45) is 11.7 Å². The number of carbonyl (C=O) groups is 1. The van der Waals surface area contributed by atoms with Crippen molar-refractivity contribution in [1.82, 2.24) is 10.2 Å². The van der Waals surface area contributed by atoms with Gasteiger partial charge in [-0.1, -0.05) is 13.8 Å². The van der Waals surface area contributed by atoms with Crippen LogP contribution in [0.25, 0.3) is 0 Å². The molecule has 1 aliphatic heterocycles. The van der Waals surface area contributed by atoms with Crippen LogP contribution in [0.5, 0.6) is 0 Å². The largest absolute Gasteiger partial charge is 0.352 e. The van der Waals surface area contributed by atoms with Crippen molar-refractivity contribution in [3.63, 3.8) is 0 Å². The summed E-state index contributed by atoms with van der Waals surface area (Å²) in [7, 11) is 0. The van der Waals surface area contributed by atoms with Gasteiger partial charge in [0.15, 0.2) is 0 Å². The highest BCUT2D eigenvalue weighted by Gasteiger charge is 2.45. The number of hydrogen-bond donors (Lipinski definition) is 2. The van der Waals surface area contributed by atoms with E-state index in [0.717, 1.165) is 25.9 Å². The van der Waals surface area contributed by atoms with Crippen molar-refractivity contribution in [1.29, 1.82) is 0 Å². The summed E-state index contributed by atoms with van der Waals surface area (Å²) in [4.78, 5) is 14.0. The molecule has 0 aromatic rings. The van der Waals surface area contributed by atoms with Gasteiger partial charge in [0.05, 0.1) is 6.04 Å². The molecular weight excluding hydrogens is 202 g/mol. The fourth-order valence-electron chi connectivity index (χ4n) is 2.06. The van der Waals surface area contributed by atoms with Gasteiger partial charge in [-0.3, -0.25) is 9.69 Å². The lowest BCUT2D eigenvalue weighted by molar-refractivity contribution is -0.129. The van der Waals surface area contributed by atoms with Gasteiger partial charge in [-0.2, -0.15) is 0 Å². The van der Waals surface area contributed by atoms with E-state index in [4.69, 9.17) is 5.73 Å². The Bertz CT molecular complexity index is 280. The molecule has 1 unspecified atom stereocenters. The maximum Gasteiger partial charge on any atom is 0.237 e. The molecular formula is C12H23N3O. The highest BCUT2D eigenvalue weighted by Crippen LogP contribution is 2.28. The van der Waals surface area contributed by atoms with Crippen LogP contribution in [0.15, 0.2) is 0 Å². The van der Waals surface area contributed by atoms with Gasteiger partial charge in [0.25, 0.3) is 0 Å². The van der Waals surface area contributed by atoms with Crippen LogP contribution >= 0.6 is 0 Å². The molecule has 1 saturated heterocycles. The van der Waals surface area contributed by atoms with Crippen molar-refractivity contribution in [2.45, 2.75) is 51.2 Å². The number of nitrogens with one attached hydrogen (secondary N) is 1. The fraction of sp³-hybridized carbons (Fsp3) is 0.917. The Kier molecular flexibility index (Phi) is 2.97. The molecule has 2 rings (SSSR count). The fourth-order valence-corrected chi connectivity index (χ4v) is 2.06. The number of hydrogen-bond acceptors (Lipinski definition) is 3. The van der Waals surface area contributed by atoms with E-state index in [-0.39, 0.29) is 17.5 Å². The first kappa shape index (κ1) is 11.9. The van der Waals surface area contributed by atoms with Gasteiger partial charge in [0.2, 0.25) is 5.91 Å². The molecule has 2 aliphatic rings. The molecule has 1 heterocycles. The Hall–Kier alpha value is -0.610. The molecule has 1 amide bonds. The molecule has 0 radical (unpaired) electrons. The van der Waals surface area contributed by atoms with Crippen molar-refractivity contribution in [3.8, 4) is 0 Å². The number of carbonyl (C=O) groups excluding carboxylic acids is 1. The summed E-state index contributed by atoms with van der Waals surface area (Å²) in [5.41, 5.74) is 6.13. The van der Waals surface area contributed by atoms with Crippen molar-refractivity contribution >= 4 is 5.91 Å². The second-order valence-corrected chi connectivity index (χ2v) is 5.75. The molecule has 2 fully saturated rings. The van der Waals surface area contributed by atoms with Crippen molar-refractivity contribution in [3.05, 3.63) is 0 Å². The number of nitrogens with zero attached hydrogens (tertiary/aromatic N) is 1. The Balaban J connectivity index is 1.79. The van der Waals surface area contributed by atoms with Gasteiger partial charge in [0, 0.05) is 24.7 Å². The van der Waals surface area contributed by atoms with E-state index in [1.165, 1.54) is 0 Å². The van der Waals surface area contributed by atoms with Crippen LogP contribution in [-0.4, -0.2) is 41.5 Å². The van der Waals surface area contributed by atoms with Gasteiger partial charge >= 0.3 is 0 Å². The first-order valence-electron chi connectivity index (χ1n) is 6.26. The minimum Gasteiger partial charge on any atom is -0.352 e. The van der Waals surface area contributed by atoms with E-state index in [1.807, 2.05) is 6.92 Å². The van der Waals surface area contributed by atoms with Crippen LogP contribution in [-0.2, 0) is 4.79 Å². The molecule has 1 aliphatic carbocycles. The third kappa shape index (κ3) is 2.23. The summed E-state index contributed by atoms with van der Waals surface area (Å²) in [6.45, 7) is 7.93. The molecule has 3 N–H and O–H groups in total. The molecule has 0 aromatic carbocycles. The first-order valence-corrected chi connectivity index (χ1v) is 6.26. The van der Waals surface area contributed by atoms with Gasteiger partial charge in [-0.05, 0) is 25.7 Å². The molecule has 92 valence electrons. The lowest BCUT2D eigenvalue weighted by Crippen LogP contribution is -2.72. The summed E-state index contributed by atoms with van der Waals surface area (Å²) in [6.07, 6.45) is 2.29. The maximum absolute atomic E-state index is 11.8. The van der Waals surface area contributed by atoms with Crippen LogP contribution < -0.4 is 11.1 Å². The molecule has 16 heavy (non-hydrogen) atoms. The van der Waals surface area contributed by atoms with E-state index in [0.29, 0.717) is 12.0 Å². The summed E-state index contributed by atoms with van der Waals surface area (Å²) in [6, 6.07) is 0.417. The average Bonchev–Trinajstić information content (AvgIpc) is 2.95. The number of rotatable bonds is 4. The zero-order valence-corrected chi connectivity index (χ0v) is 10.5. The lowest BCUT2D eigenvalue weighted by atomic mass is 9.79. The number of nitrogens with two attached hydrogens (primary N) is 1. The topological polar surface area (TPSA) is 58.4 Å². The summed E-state index contributed by atoms with van der Waals surface area (Å²) < 4.78 is 0. The van der Waals surface area contributed by atoms with Crippen LogP contribution in [0.3, 0.4) is 0 Å². The summed E-state index contributed by atoms with van der Waals surface area (Å²) >= 11 is 0. The molecule has 1 saturated carbocycles. The van der Waals surface area contributed by atoms with Gasteiger partial charge < -0.3 is 11.1 Å². The second kappa shape index (κ2) is 4.00. The van der Waals surface area contributed by atoms with E-state index < -0.39 is 0 Å². The normalized spacial score (nSPS) is 26.3. The van der Waals surface area contributed by atoms with E-state index in [1.54, 1.807) is 0 Å². The zero-order chi connectivity index (χ0) is 11.9. The summed E-state index contributed by atoms with van der Waals surface area (Å²) in [5, 5.41) is 3.04. The smallest absolute Gasteiger partial charge is 0.237 e. The van der Waals surface area contributed by atoms with E-state index in [9.17, 15) is 4.79 Å². The Morgan fingerprint density at radius 3 is 2.38 bits per heavy atom. The van der Waals surface area contributed by atoms with Crippen LogP contribution in [0.1, 0.15) is 33.6 Å². The second-order valence-electron chi connectivity index (χ2n) is 5.75. The Morgan fingerprint density at radius 2 is 1.94 bits per heavy atom. The SMILES string of the molecule is CC(C(=O)NC1CC1)N1CC(N)(C(C)C)C1. The van der Waals surface area contributed by atoms with Crippen molar-refractivity contribution in [2.75, 3.05) is 13.1 Å². The van der Waals surface area contributed by atoms with Crippen LogP contribution in [0.4, 0.5) is 0 Å². The Morgan fingerprint density at radius 1 is 1.38 bits per heavy atom. The van der Waals surface area contributed by atoms with Crippen LogP contribution in [0.2, 0.25) is 0 Å². The number of amides is 1. The van der Waals surface area contributed by atoms with E-state index >= 15 is 0 Å². The Labute approximate surface area is 97.6 Å². The maximum atomic E-state index is 11.8. The molecule has 0 spiro atoms. The standard InChI is InChI=1S/C12H23N3O/c1-8(2)12(13)6-15(7-12)9(3)11(16)14-10-4-5-10/h8-10H,4-7,13H2,1-3H3,(H,14,16). The average molecular weight is 225 g/mol. The number of likely N-dealkylation sites (tertiary alicyclic amines) is 1. The highest BCUT2D eigenvalue weighted by molar-refractivity contribution is 5.82. The van der Waals surface area contributed by atoms with E-state index in [2.05, 4.69) is 24.1 Å². The summed E-state index contributed by atoms with van der Waals surface area (Å²) in [5.74, 6) is 0.635. The quantitative estimate of drug-likeness (QED) is 0.724. The minimum atomic E-state index is -0.0892. The highest BCUT2D eigenvalue weighted by atomic mass is 16.2. The predicted molar refractivity (Wildman–Crippen MR) is 64.0 cm³/mol.